The molecule has 3 nitrogen and oxygen atoms in total. The quantitative estimate of drug-likeness (QED) is 0.882. The van der Waals surface area contributed by atoms with Crippen LogP contribution in [0.3, 0.4) is 0 Å². The van der Waals surface area contributed by atoms with E-state index >= 15 is 0 Å². The van der Waals surface area contributed by atoms with Gasteiger partial charge in [0.2, 0.25) is 5.91 Å². The standard InChI is InChI=1S/C15H22N2O/c1-12-10-16-11-13(2)17(12)15(18)9-8-14-6-4-3-5-7-14/h3-7,12-13,16H,8-11H2,1-2H3. The number of amides is 1. The molecule has 1 aliphatic rings. The number of hydrogen-bond acceptors (Lipinski definition) is 2. The lowest BCUT2D eigenvalue weighted by atomic mass is 10.1. The van der Waals surface area contributed by atoms with Crippen LogP contribution < -0.4 is 5.32 Å². The highest BCUT2D eigenvalue weighted by atomic mass is 16.2. The van der Waals surface area contributed by atoms with Crippen LogP contribution in [0.1, 0.15) is 25.8 Å². The van der Waals surface area contributed by atoms with Gasteiger partial charge in [0.1, 0.15) is 0 Å². The summed E-state index contributed by atoms with van der Waals surface area (Å²) in [5.74, 6) is 0.278. The summed E-state index contributed by atoms with van der Waals surface area (Å²) >= 11 is 0. The highest BCUT2D eigenvalue weighted by Crippen LogP contribution is 2.13. The van der Waals surface area contributed by atoms with Gasteiger partial charge in [-0.3, -0.25) is 4.79 Å². The molecule has 2 atom stereocenters. The van der Waals surface area contributed by atoms with Gasteiger partial charge in [0, 0.05) is 31.6 Å². The van der Waals surface area contributed by atoms with Crippen molar-refractivity contribution in [2.24, 2.45) is 0 Å². The number of hydrogen-bond donors (Lipinski definition) is 1. The van der Waals surface area contributed by atoms with Gasteiger partial charge in [-0.1, -0.05) is 30.3 Å². The third-order valence-corrected chi connectivity index (χ3v) is 3.59. The number of carbonyl (C=O) groups excluding carboxylic acids is 1. The Morgan fingerprint density at radius 1 is 1.22 bits per heavy atom. The van der Waals surface area contributed by atoms with E-state index in [0.29, 0.717) is 18.5 Å². The fourth-order valence-electron chi connectivity index (χ4n) is 2.65. The van der Waals surface area contributed by atoms with Crippen molar-refractivity contribution in [1.82, 2.24) is 10.2 Å². The SMILES string of the molecule is CC1CNCC(C)N1C(=O)CCc1ccccc1. The van der Waals surface area contributed by atoms with E-state index in [1.165, 1.54) is 5.56 Å². The van der Waals surface area contributed by atoms with E-state index in [4.69, 9.17) is 0 Å². The molecule has 0 aromatic heterocycles. The molecule has 0 bridgehead atoms. The Balaban J connectivity index is 1.91. The van der Waals surface area contributed by atoms with Crippen LogP contribution in [0.25, 0.3) is 0 Å². The molecule has 0 spiro atoms. The number of carbonyl (C=O) groups is 1. The molecule has 98 valence electrons. The number of benzene rings is 1. The molecule has 0 radical (unpaired) electrons. The van der Waals surface area contributed by atoms with Crippen LogP contribution in [0.15, 0.2) is 30.3 Å². The van der Waals surface area contributed by atoms with E-state index in [0.717, 1.165) is 19.5 Å². The Morgan fingerprint density at radius 2 is 1.83 bits per heavy atom. The van der Waals surface area contributed by atoms with Crippen LogP contribution in [0, 0.1) is 0 Å². The summed E-state index contributed by atoms with van der Waals surface area (Å²) in [6.07, 6.45) is 1.45. The Labute approximate surface area is 109 Å². The molecule has 1 aromatic rings. The molecule has 1 amide bonds. The molecule has 2 unspecified atom stereocenters. The van der Waals surface area contributed by atoms with Gasteiger partial charge in [0.25, 0.3) is 0 Å². The number of aryl methyl sites for hydroxylation is 1. The maximum Gasteiger partial charge on any atom is 0.223 e. The molecule has 0 saturated carbocycles. The fraction of sp³-hybridized carbons (Fsp3) is 0.533. The van der Waals surface area contributed by atoms with Gasteiger partial charge in [-0.05, 0) is 25.8 Å². The van der Waals surface area contributed by atoms with Gasteiger partial charge in [-0.25, -0.2) is 0 Å². The average molecular weight is 246 g/mol. The van der Waals surface area contributed by atoms with Crippen LogP contribution in [-0.2, 0) is 11.2 Å². The Hall–Kier alpha value is -1.35. The topological polar surface area (TPSA) is 32.3 Å². The summed E-state index contributed by atoms with van der Waals surface area (Å²) in [4.78, 5) is 14.3. The monoisotopic (exact) mass is 246 g/mol. The molecular formula is C15H22N2O. The average Bonchev–Trinajstić information content (AvgIpc) is 2.37. The van der Waals surface area contributed by atoms with E-state index in [1.807, 2.05) is 23.1 Å². The van der Waals surface area contributed by atoms with Gasteiger partial charge in [-0.15, -0.1) is 0 Å². The molecule has 1 N–H and O–H groups in total. The maximum absolute atomic E-state index is 12.3. The number of rotatable bonds is 3. The Bertz CT molecular complexity index is 381. The smallest absolute Gasteiger partial charge is 0.223 e. The predicted molar refractivity (Wildman–Crippen MR) is 73.4 cm³/mol. The van der Waals surface area contributed by atoms with Crippen LogP contribution in [-0.4, -0.2) is 36.0 Å². The second kappa shape index (κ2) is 6.01. The predicted octanol–water partition coefficient (Wildman–Crippen LogP) is 1.83. The van der Waals surface area contributed by atoms with Gasteiger partial charge < -0.3 is 10.2 Å². The summed E-state index contributed by atoms with van der Waals surface area (Å²) in [7, 11) is 0. The minimum absolute atomic E-state index is 0.278. The zero-order chi connectivity index (χ0) is 13.0. The molecule has 1 heterocycles. The molecule has 18 heavy (non-hydrogen) atoms. The van der Waals surface area contributed by atoms with E-state index in [9.17, 15) is 4.79 Å². The van der Waals surface area contributed by atoms with Crippen molar-refractivity contribution in [3.63, 3.8) is 0 Å². The normalized spacial score (nSPS) is 24.0. The molecule has 2 rings (SSSR count). The first kappa shape index (κ1) is 13.1. The molecule has 1 saturated heterocycles. The molecule has 1 aromatic carbocycles. The van der Waals surface area contributed by atoms with E-state index in [1.54, 1.807) is 0 Å². The number of piperazine rings is 1. The number of nitrogens with one attached hydrogen (secondary N) is 1. The lowest BCUT2D eigenvalue weighted by Gasteiger charge is -2.39. The van der Waals surface area contributed by atoms with Crippen molar-refractivity contribution in [1.29, 1.82) is 0 Å². The van der Waals surface area contributed by atoms with E-state index in [-0.39, 0.29) is 5.91 Å². The van der Waals surface area contributed by atoms with Crippen molar-refractivity contribution in [3.8, 4) is 0 Å². The fourth-order valence-corrected chi connectivity index (χ4v) is 2.65. The molecule has 0 aliphatic carbocycles. The highest BCUT2D eigenvalue weighted by Gasteiger charge is 2.28. The summed E-state index contributed by atoms with van der Waals surface area (Å²) in [6.45, 7) is 6.04. The lowest BCUT2D eigenvalue weighted by molar-refractivity contribution is -0.136. The first-order valence-electron chi connectivity index (χ1n) is 6.74. The van der Waals surface area contributed by atoms with Gasteiger partial charge in [-0.2, -0.15) is 0 Å². The summed E-state index contributed by atoms with van der Waals surface area (Å²) < 4.78 is 0. The third kappa shape index (κ3) is 3.10. The van der Waals surface area contributed by atoms with Crippen LogP contribution >= 0.6 is 0 Å². The zero-order valence-corrected chi connectivity index (χ0v) is 11.2. The summed E-state index contributed by atoms with van der Waals surface area (Å²) in [6, 6.07) is 10.8. The molecular weight excluding hydrogens is 224 g/mol. The van der Waals surface area contributed by atoms with E-state index < -0.39 is 0 Å². The van der Waals surface area contributed by atoms with Gasteiger partial charge in [0.15, 0.2) is 0 Å². The minimum Gasteiger partial charge on any atom is -0.335 e. The van der Waals surface area contributed by atoms with E-state index in [2.05, 4.69) is 31.3 Å². The van der Waals surface area contributed by atoms with Crippen molar-refractivity contribution >= 4 is 5.91 Å². The lowest BCUT2D eigenvalue weighted by Crippen LogP contribution is -2.57. The van der Waals surface area contributed by atoms with Crippen molar-refractivity contribution in [2.45, 2.75) is 38.8 Å². The Kier molecular flexibility index (Phi) is 4.37. The van der Waals surface area contributed by atoms with Crippen LogP contribution in [0.2, 0.25) is 0 Å². The van der Waals surface area contributed by atoms with Crippen LogP contribution in [0.4, 0.5) is 0 Å². The minimum atomic E-state index is 0.278. The second-order valence-electron chi connectivity index (χ2n) is 5.14. The zero-order valence-electron chi connectivity index (χ0n) is 11.2. The Morgan fingerprint density at radius 3 is 2.44 bits per heavy atom. The number of nitrogens with zero attached hydrogens (tertiary/aromatic N) is 1. The van der Waals surface area contributed by atoms with Crippen molar-refractivity contribution in [3.05, 3.63) is 35.9 Å². The largest absolute Gasteiger partial charge is 0.335 e. The van der Waals surface area contributed by atoms with Gasteiger partial charge in [0.05, 0.1) is 0 Å². The van der Waals surface area contributed by atoms with Crippen molar-refractivity contribution < 1.29 is 4.79 Å². The highest BCUT2D eigenvalue weighted by molar-refractivity contribution is 5.77. The molecule has 3 heteroatoms. The first-order valence-corrected chi connectivity index (χ1v) is 6.74. The summed E-state index contributed by atoms with van der Waals surface area (Å²) in [5, 5.41) is 3.35. The second-order valence-corrected chi connectivity index (χ2v) is 5.14. The molecule has 1 fully saturated rings. The van der Waals surface area contributed by atoms with Crippen LogP contribution in [0.5, 0.6) is 0 Å². The summed E-state index contributed by atoms with van der Waals surface area (Å²) in [5.41, 5.74) is 1.24. The molecule has 1 aliphatic heterocycles. The first-order chi connectivity index (χ1) is 8.68. The third-order valence-electron chi connectivity index (χ3n) is 3.59. The van der Waals surface area contributed by atoms with Crippen molar-refractivity contribution in [2.75, 3.05) is 13.1 Å². The van der Waals surface area contributed by atoms with Gasteiger partial charge >= 0.3 is 0 Å². The maximum atomic E-state index is 12.3.